The van der Waals surface area contributed by atoms with E-state index in [1.54, 1.807) is 24.7 Å². The fraction of sp³-hybridized carbons (Fsp3) is 0.304. The lowest BCUT2D eigenvalue weighted by Crippen LogP contribution is -2.49. The molecule has 0 atom stereocenters. The summed E-state index contributed by atoms with van der Waals surface area (Å²) in [6.07, 6.45) is 7.45. The summed E-state index contributed by atoms with van der Waals surface area (Å²) in [7, 11) is 0. The first-order valence-corrected chi connectivity index (χ1v) is 10.9. The molecule has 0 radical (unpaired) electrons. The first kappa shape index (κ1) is 24.2. The van der Waals surface area contributed by atoms with Crippen LogP contribution >= 0.6 is 0 Å². The van der Waals surface area contributed by atoms with Crippen LogP contribution in [-0.4, -0.2) is 64.0 Å². The van der Waals surface area contributed by atoms with Crippen LogP contribution in [0, 0.1) is 23.3 Å². The number of halogens is 4. The highest BCUT2D eigenvalue weighted by Gasteiger charge is 2.28. The summed E-state index contributed by atoms with van der Waals surface area (Å²) in [5, 5.41) is 2.83. The van der Waals surface area contributed by atoms with E-state index in [1.165, 1.54) is 11.1 Å². The zero-order valence-corrected chi connectivity index (χ0v) is 18.6. The molecule has 4 rings (SSSR count). The topological polar surface area (TPSA) is 83.4 Å². The van der Waals surface area contributed by atoms with Gasteiger partial charge in [0, 0.05) is 57.9 Å². The van der Waals surface area contributed by atoms with Gasteiger partial charge in [-0.2, -0.15) is 0 Å². The minimum absolute atomic E-state index is 0.139. The van der Waals surface area contributed by atoms with Crippen LogP contribution in [0.5, 0.6) is 0 Å². The second-order valence-electron chi connectivity index (χ2n) is 7.94. The van der Waals surface area contributed by atoms with E-state index in [9.17, 15) is 27.2 Å². The lowest BCUT2D eigenvalue weighted by atomic mass is 10.1. The third-order valence-corrected chi connectivity index (χ3v) is 5.67. The maximum atomic E-state index is 14.0. The van der Waals surface area contributed by atoms with Crippen LogP contribution in [-0.2, 0) is 6.54 Å². The summed E-state index contributed by atoms with van der Waals surface area (Å²) >= 11 is 0. The summed E-state index contributed by atoms with van der Waals surface area (Å²) < 4.78 is 56.0. The number of piperazine rings is 1. The molecule has 0 bridgehead atoms. The number of aryl methyl sites for hydroxylation is 1. The number of hydrogen-bond donors (Lipinski definition) is 1. The number of anilines is 1. The highest BCUT2D eigenvalue weighted by atomic mass is 19.2. The van der Waals surface area contributed by atoms with Gasteiger partial charge in [0.15, 0.2) is 23.3 Å². The molecule has 0 unspecified atom stereocenters. The third-order valence-electron chi connectivity index (χ3n) is 5.67. The molecule has 1 aromatic carbocycles. The number of hydrogen-bond acceptors (Lipinski definition) is 5. The van der Waals surface area contributed by atoms with Crippen molar-refractivity contribution in [3.63, 3.8) is 0 Å². The van der Waals surface area contributed by atoms with E-state index in [0.29, 0.717) is 37.1 Å². The minimum Gasteiger partial charge on any atom is -0.353 e. The van der Waals surface area contributed by atoms with E-state index in [1.807, 2.05) is 15.7 Å². The van der Waals surface area contributed by atoms with Gasteiger partial charge in [0.05, 0.1) is 17.5 Å². The van der Waals surface area contributed by atoms with E-state index in [0.717, 1.165) is 13.0 Å². The van der Waals surface area contributed by atoms with E-state index >= 15 is 0 Å². The Morgan fingerprint density at radius 2 is 1.77 bits per heavy atom. The Labute approximate surface area is 198 Å². The van der Waals surface area contributed by atoms with Gasteiger partial charge in [-0.15, -0.1) is 0 Å². The molecule has 1 N–H and O–H groups in total. The Morgan fingerprint density at radius 1 is 1.00 bits per heavy atom. The van der Waals surface area contributed by atoms with Crippen molar-refractivity contribution in [2.45, 2.75) is 13.0 Å². The number of nitrogens with one attached hydrogen (secondary N) is 1. The van der Waals surface area contributed by atoms with E-state index in [-0.39, 0.29) is 19.0 Å². The van der Waals surface area contributed by atoms with Gasteiger partial charge in [-0.25, -0.2) is 27.5 Å². The molecular formula is C23H22F4N6O2. The van der Waals surface area contributed by atoms with Gasteiger partial charge in [-0.05, 0) is 24.6 Å². The molecule has 1 saturated heterocycles. The largest absolute Gasteiger partial charge is 0.353 e. The molecule has 184 valence electrons. The molecule has 1 aliphatic heterocycles. The van der Waals surface area contributed by atoms with Crippen LogP contribution < -0.4 is 10.2 Å². The summed E-state index contributed by atoms with van der Waals surface area (Å²) in [6, 6.07) is 3.69. The predicted molar refractivity (Wildman–Crippen MR) is 118 cm³/mol. The fourth-order valence-corrected chi connectivity index (χ4v) is 3.73. The molecular weight excluding hydrogens is 468 g/mol. The molecule has 1 aliphatic rings. The number of pyridine rings is 1. The van der Waals surface area contributed by atoms with Gasteiger partial charge in [-0.1, -0.05) is 0 Å². The standard InChI is InChI=1S/C23H22F4N6O2/c24-17-12-16(19(25)21(27)20(17)26)23(35)33-10-8-32(9-11-33)18-3-2-15(13-30-18)22(34)29-4-1-6-31-7-5-28-14-31/h2-3,5,7,12-14H,1,4,6,8-11H2,(H,29,34). The van der Waals surface area contributed by atoms with Crippen LogP contribution in [0.3, 0.4) is 0 Å². The average molecular weight is 490 g/mol. The smallest absolute Gasteiger partial charge is 0.257 e. The molecule has 2 aromatic heterocycles. The van der Waals surface area contributed by atoms with Gasteiger partial charge >= 0.3 is 0 Å². The minimum atomic E-state index is -2.02. The van der Waals surface area contributed by atoms with Gasteiger partial charge in [0.25, 0.3) is 11.8 Å². The molecule has 2 amide bonds. The zero-order valence-electron chi connectivity index (χ0n) is 18.6. The molecule has 1 fully saturated rings. The highest BCUT2D eigenvalue weighted by molar-refractivity contribution is 5.95. The van der Waals surface area contributed by atoms with Crippen LogP contribution in [0.15, 0.2) is 43.1 Å². The molecule has 3 aromatic rings. The lowest BCUT2D eigenvalue weighted by Gasteiger charge is -2.35. The van der Waals surface area contributed by atoms with E-state index < -0.39 is 34.7 Å². The number of imidazole rings is 1. The first-order chi connectivity index (χ1) is 16.8. The number of carbonyl (C=O) groups excluding carboxylic acids is 2. The van der Waals surface area contributed by atoms with Crippen molar-refractivity contribution in [2.75, 3.05) is 37.6 Å². The molecule has 0 aliphatic carbocycles. The molecule has 0 saturated carbocycles. The number of amides is 2. The Hall–Kier alpha value is -3.96. The van der Waals surface area contributed by atoms with Crippen molar-refractivity contribution >= 4 is 17.6 Å². The zero-order chi connectivity index (χ0) is 24.9. The first-order valence-electron chi connectivity index (χ1n) is 10.9. The second kappa shape index (κ2) is 10.5. The van der Waals surface area contributed by atoms with Crippen LogP contribution in [0.4, 0.5) is 23.4 Å². The molecule has 12 heteroatoms. The van der Waals surface area contributed by atoms with Crippen molar-refractivity contribution in [2.24, 2.45) is 0 Å². The Bertz CT molecular complexity index is 1200. The molecule has 0 spiro atoms. The van der Waals surface area contributed by atoms with Gasteiger partial charge in [0.2, 0.25) is 0 Å². The lowest BCUT2D eigenvalue weighted by molar-refractivity contribution is 0.0739. The normalized spacial score (nSPS) is 13.7. The number of rotatable bonds is 7. The maximum absolute atomic E-state index is 14.0. The van der Waals surface area contributed by atoms with Crippen molar-refractivity contribution in [1.29, 1.82) is 0 Å². The van der Waals surface area contributed by atoms with E-state index in [2.05, 4.69) is 15.3 Å². The summed E-state index contributed by atoms with van der Waals surface area (Å²) in [6.45, 7) is 2.17. The van der Waals surface area contributed by atoms with Crippen LogP contribution in [0.2, 0.25) is 0 Å². The van der Waals surface area contributed by atoms with Crippen molar-refractivity contribution < 1.29 is 27.2 Å². The predicted octanol–water partition coefficient (Wildman–Crippen LogP) is 2.62. The fourth-order valence-electron chi connectivity index (χ4n) is 3.73. The Morgan fingerprint density at radius 3 is 2.43 bits per heavy atom. The number of aromatic nitrogens is 3. The van der Waals surface area contributed by atoms with Crippen molar-refractivity contribution in [3.8, 4) is 0 Å². The van der Waals surface area contributed by atoms with Crippen LogP contribution in [0.1, 0.15) is 27.1 Å². The highest BCUT2D eigenvalue weighted by Crippen LogP contribution is 2.21. The Balaban J connectivity index is 1.28. The summed E-state index contributed by atoms with van der Waals surface area (Å²) in [5.74, 6) is -7.90. The Kier molecular flexibility index (Phi) is 7.28. The molecule has 8 nitrogen and oxygen atoms in total. The summed E-state index contributed by atoms with van der Waals surface area (Å²) in [5.41, 5.74) is -0.450. The number of carbonyl (C=O) groups is 2. The van der Waals surface area contributed by atoms with Crippen molar-refractivity contribution in [1.82, 2.24) is 24.8 Å². The van der Waals surface area contributed by atoms with Gasteiger partial charge in [-0.3, -0.25) is 9.59 Å². The summed E-state index contributed by atoms with van der Waals surface area (Å²) in [4.78, 5) is 36.2. The monoisotopic (exact) mass is 490 g/mol. The maximum Gasteiger partial charge on any atom is 0.257 e. The van der Waals surface area contributed by atoms with E-state index in [4.69, 9.17) is 0 Å². The van der Waals surface area contributed by atoms with Gasteiger partial charge < -0.3 is 19.7 Å². The SMILES string of the molecule is O=C(NCCCn1ccnc1)c1ccc(N2CCN(C(=O)c3cc(F)c(F)c(F)c3F)CC2)nc1. The quantitative estimate of drug-likeness (QED) is 0.238. The second-order valence-corrected chi connectivity index (χ2v) is 7.94. The average Bonchev–Trinajstić information content (AvgIpc) is 3.41. The molecule has 3 heterocycles. The number of nitrogens with zero attached hydrogens (tertiary/aromatic N) is 5. The molecule has 35 heavy (non-hydrogen) atoms. The van der Waals surface area contributed by atoms with Crippen LogP contribution in [0.25, 0.3) is 0 Å². The van der Waals surface area contributed by atoms with Crippen molar-refractivity contribution in [3.05, 3.63) is 77.5 Å². The number of benzene rings is 1. The van der Waals surface area contributed by atoms with Gasteiger partial charge in [0.1, 0.15) is 5.82 Å². The third kappa shape index (κ3) is 5.42.